The van der Waals surface area contributed by atoms with Crippen molar-refractivity contribution in [2.45, 2.75) is 13.2 Å². The first kappa shape index (κ1) is 59.0. The van der Waals surface area contributed by atoms with Crippen LogP contribution in [-0.4, -0.2) is 119 Å². The largest absolute Gasteiger partial charge is 0.493 e. The summed E-state index contributed by atoms with van der Waals surface area (Å²) in [5.41, 5.74) is 11.0. The fourth-order valence-electron chi connectivity index (χ4n) is 11.3. The minimum absolute atomic E-state index is 0.0630. The van der Waals surface area contributed by atoms with Gasteiger partial charge >= 0.3 is 0 Å². The number of ether oxygens (including phenoxy) is 5. The molecule has 3 amide bonds. The summed E-state index contributed by atoms with van der Waals surface area (Å²) in [4.78, 5) is 64.7. The third-order valence-electron chi connectivity index (χ3n) is 16.0. The number of hydrogen-bond acceptors (Lipinski definition) is 15. The van der Waals surface area contributed by atoms with Crippen molar-refractivity contribution >= 4 is 68.1 Å². The normalized spacial score (nSPS) is 12.5. The van der Waals surface area contributed by atoms with Crippen LogP contribution in [0.2, 0.25) is 0 Å². The number of methoxy groups -OCH3 is 4. The van der Waals surface area contributed by atoms with Gasteiger partial charge < -0.3 is 54.3 Å². The van der Waals surface area contributed by atoms with Crippen molar-refractivity contribution in [3.05, 3.63) is 210 Å². The number of hydrogen-bond donors (Lipinski definition) is 4. The Bertz CT molecular complexity index is 4650. The minimum atomic E-state index is -0.427. The van der Waals surface area contributed by atoms with E-state index in [1.165, 1.54) is 26.2 Å². The second-order valence-corrected chi connectivity index (χ2v) is 23.0. The molecule has 6 aromatic carbocycles. The second-order valence-electron chi connectivity index (χ2n) is 21.9. The molecule has 91 heavy (non-hydrogen) atoms. The van der Waals surface area contributed by atoms with Crippen molar-refractivity contribution in [2.75, 3.05) is 89.6 Å². The van der Waals surface area contributed by atoms with Crippen molar-refractivity contribution in [3.63, 3.8) is 0 Å². The number of imidazole rings is 3. The number of aromatic nitrogens is 6. The van der Waals surface area contributed by atoms with Gasteiger partial charge in [0.2, 0.25) is 5.75 Å². The van der Waals surface area contributed by atoms with E-state index in [9.17, 15) is 14.4 Å². The van der Waals surface area contributed by atoms with Gasteiger partial charge in [0, 0.05) is 122 Å². The maximum Gasteiger partial charge on any atom is 0.255 e. The van der Waals surface area contributed by atoms with Gasteiger partial charge in [-0.05, 0) is 102 Å². The lowest BCUT2D eigenvalue weighted by atomic mass is 10.0. The van der Waals surface area contributed by atoms with Gasteiger partial charge in [0.25, 0.3) is 17.7 Å². The Labute approximate surface area is 528 Å². The Morgan fingerprint density at radius 1 is 0.549 bits per heavy atom. The molecule has 13 rings (SSSR count). The van der Waals surface area contributed by atoms with Crippen LogP contribution in [0.3, 0.4) is 0 Å². The van der Waals surface area contributed by atoms with Crippen LogP contribution in [0.1, 0.15) is 41.6 Å². The molecule has 6 aromatic heterocycles. The number of anilines is 4. The summed E-state index contributed by atoms with van der Waals surface area (Å²) in [6.07, 6.45) is 9.89. The molecule has 1 aliphatic rings. The van der Waals surface area contributed by atoms with Crippen LogP contribution >= 0.6 is 11.3 Å². The van der Waals surface area contributed by atoms with Crippen LogP contribution in [-0.2, 0) is 13.2 Å². The van der Waals surface area contributed by atoms with Gasteiger partial charge in [0.15, 0.2) is 28.0 Å². The van der Waals surface area contributed by atoms with Crippen molar-refractivity contribution in [2.24, 2.45) is 0 Å². The lowest BCUT2D eigenvalue weighted by molar-refractivity contribution is 0.101. The molecule has 0 spiro atoms. The molecule has 20 nitrogen and oxygen atoms in total. The van der Waals surface area contributed by atoms with Crippen LogP contribution in [0.15, 0.2) is 183 Å². The summed E-state index contributed by atoms with van der Waals surface area (Å²) < 4.78 is 35.3. The molecule has 7 heterocycles. The van der Waals surface area contributed by atoms with Crippen molar-refractivity contribution < 1.29 is 38.1 Å². The third kappa shape index (κ3) is 12.2. The van der Waals surface area contributed by atoms with E-state index in [1.807, 2.05) is 168 Å². The third-order valence-corrected chi connectivity index (χ3v) is 17.0. The van der Waals surface area contributed by atoms with E-state index in [0.29, 0.717) is 90.8 Å². The number of para-hydroxylation sites is 2. The zero-order chi connectivity index (χ0) is 62.7. The predicted octanol–water partition coefficient (Wildman–Crippen LogP) is 12.2. The van der Waals surface area contributed by atoms with E-state index in [1.54, 1.807) is 54.8 Å². The van der Waals surface area contributed by atoms with Crippen LogP contribution < -0.4 is 49.9 Å². The minimum Gasteiger partial charge on any atom is -0.493 e. The number of amides is 3. The molecule has 0 atom stereocenters. The summed E-state index contributed by atoms with van der Waals surface area (Å²) in [6.45, 7) is 4.81. The zero-order valence-electron chi connectivity index (χ0n) is 50.8. The molecule has 12 aromatic rings. The highest BCUT2D eigenvalue weighted by Crippen LogP contribution is 2.41. The quantitative estimate of drug-likeness (QED) is 0.0561. The monoisotopic (exact) mass is 1230 g/mol. The summed E-state index contributed by atoms with van der Waals surface area (Å²) in [7, 11) is 9.89. The average molecular weight is 1230 g/mol. The molecule has 0 saturated carbocycles. The first-order valence-corrected chi connectivity index (χ1v) is 30.2. The zero-order valence-corrected chi connectivity index (χ0v) is 51.6. The summed E-state index contributed by atoms with van der Waals surface area (Å²) in [6, 6.07) is 46.3. The summed E-state index contributed by atoms with van der Waals surface area (Å²) in [5, 5.41) is 12.9. The molecule has 0 bridgehead atoms. The molecule has 1 aliphatic heterocycles. The van der Waals surface area contributed by atoms with Gasteiger partial charge in [-0.2, -0.15) is 0 Å². The van der Waals surface area contributed by atoms with Crippen LogP contribution in [0.25, 0.3) is 61.2 Å². The Hall–Kier alpha value is -11.0. The first-order valence-electron chi connectivity index (χ1n) is 29.4. The molecular weight excluding hydrogens is 1170 g/mol. The topological polar surface area (TPSA) is 204 Å². The van der Waals surface area contributed by atoms with E-state index >= 15 is 0 Å². The average Bonchev–Trinajstić information content (AvgIpc) is 1.72. The molecule has 21 heteroatoms. The Morgan fingerprint density at radius 2 is 1.20 bits per heavy atom. The maximum absolute atomic E-state index is 14.4. The van der Waals surface area contributed by atoms with Crippen molar-refractivity contribution in [1.82, 2.24) is 38.4 Å². The van der Waals surface area contributed by atoms with Gasteiger partial charge in [-0.1, -0.05) is 72.0 Å². The number of benzene rings is 6. The number of pyridine rings is 2. The van der Waals surface area contributed by atoms with Crippen molar-refractivity contribution in [3.8, 4) is 73.6 Å². The van der Waals surface area contributed by atoms with Gasteiger partial charge in [0.1, 0.15) is 17.9 Å². The van der Waals surface area contributed by atoms with E-state index in [-0.39, 0.29) is 24.0 Å². The van der Waals surface area contributed by atoms with E-state index in [2.05, 4.69) is 36.8 Å². The number of rotatable bonds is 20. The molecule has 4 N–H and O–H groups in total. The fourth-order valence-corrected chi connectivity index (χ4v) is 12.3. The van der Waals surface area contributed by atoms with Gasteiger partial charge in [-0.25, -0.2) is 15.0 Å². The van der Waals surface area contributed by atoms with E-state index < -0.39 is 5.91 Å². The summed E-state index contributed by atoms with van der Waals surface area (Å²) >= 11 is 1.67. The van der Waals surface area contributed by atoms with Crippen LogP contribution in [0, 0.1) is 0 Å². The first-order chi connectivity index (χ1) is 44.4. The predicted molar refractivity (Wildman–Crippen MR) is 355 cm³/mol. The highest BCUT2D eigenvalue weighted by Gasteiger charge is 2.25. The smallest absolute Gasteiger partial charge is 0.255 e. The molecule has 0 radical (unpaired) electrons. The molecular formula is C70H64N12O8S. The number of nitrogens with zero attached hydrogens (tertiary/aromatic N) is 8. The van der Waals surface area contributed by atoms with Crippen LogP contribution in [0.5, 0.6) is 28.7 Å². The Morgan fingerprint density at radius 3 is 1.92 bits per heavy atom. The SMILES string of the molecule is COc1ccc(C(=O)Nc2ccccc2-c2cn3cc(CN4CCNCC4)sc3n2)cc1OCc1c(-c2ccccc2NC(=O)c2cccc(N(C)C)c2)nc2cc(-c3ccc(-c4cn5ccccc5n4)c(NC(=O)c4cc(OC)c(OC)c(OC)c4)c3)ccn12. The number of carbonyl (C=O) groups is 3. The van der Waals surface area contributed by atoms with Crippen molar-refractivity contribution in [1.29, 1.82) is 0 Å². The molecule has 1 fully saturated rings. The number of piperazine rings is 1. The fraction of sp³-hybridized carbons (Fsp3) is 0.171. The number of carbonyl (C=O) groups excluding carboxylic acids is 3. The standard InChI is InChI=1S/C70H64N12O8S/c1-78(2)48-15-13-14-45(32-48)67(83)74-54-19-10-8-17-52(54)65-58(42-90-60-34-46(22-24-59(60)86-3)68(84)73-53-18-9-7-16-50(53)57-41-81-39-49(91-70(81)76-57)38-79-30-26-71-27-31-79)82-29-25-44(37-64(82)77-65)43-21-23-51(56-40-80-28-12-11-20-63(80)72-56)55(33-43)75-69(85)47-35-61(87-4)66(89-6)62(36-47)88-5/h7-25,28-29,32-37,39-41,71H,26-27,30-31,38,42H2,1-6H3,(H,73,84)(H,74,83)(H,75,85). The lowest BCUT2D eigenvalue weighted by Gasteiger charge is -2.26. The molecule has 1 saturated heterocycles. The highest BCUT2D eigenvalue weighted by molar-refractivity contribution is 7.17. The Kier molecular flexibility index (Phi) is 16.6. The molecule has 0 unspecified atom stereocenters. The molecule has 458 valence electrons. The highest BCUT2D eigenvalue weighted by atomic mass is 32.1. The summed E-state index contributed by atoms with van der Waals surface area (Å²) in [5.74, 6) is 0.624. The second kappa shape index (κ2) is 25.6. The number of thiazole rings is 1. The van der Waals surface area contributed by atoms with Gasteiger partial charge in [0.05, 0.1) is 68.3 Å². The van der Waals surface area contributed by atoms with Crippen LogP contribution in [0.4, 0.5) is 22.7 Å². The van der Waals surface area contributed by atoms with Gasteiger partial charge in [-0.15, -0.1) is 0 Å². The number of nitrogens with one attached hydrogen (secondary N) is 4. The van der Waals surface area contributed by atoms with E-state index in [4.69, 9.17) is 38.6 Å². The molecule has 0 aliphatic carbocycles. The maximum atomic E-state index is 14.4. The van der Waals surface area contributed by atoms with E-state index in [0.717, 1.165) is 71.4 Å². The van der Waals surface area contributed by atoms with Gasteiger partial charge in [-0.3, -0.25) is 28.1 Å². The lowest BCUT2D eigenvalue weighted by Crippen LogP contribution is -2.42. The Balaban J connectivity index is 0.841. The number of fused-ring (bicyclic) bond motifs is 3.